The van der Waals surface area contributed by atoms with Gasteiger partial charge in [0.15, 0.2) is 0 Å². The summed E-state index contributed by atoms with van der Waals surface area (Å²) in [5, 5.41) is 3.50. The highest BCUT2D eigenvalue weighted by Gasteiger charge is 2.22. The van der Waals surface area contributed by atoms with Crippen LogP contribution in [0, 0.1) is 5.82 Å². The predicted molar refractivity (Wildman–Crippen MR) is 93.9 cm³/mol. The first kappa shape index (κ1) is 16.6. The van der Waals surface area contributed by atoms with Gasteiger partial charge < -0.3 is 15.1 Å². The molecule has 1 aliphatic heterocycles. The molecule has 2 aromatic carbocycles. The third-order valence-electron chi connectivity index (χ3n) is 4.15. The van der Waals surface area contributed by atoms with E-state index >= 15 is 0 Å². The number of nitrogens with zero attached hydrogens (tertiary/aromatic N) is 2. The van der Waals surface area contributed by atoms with Crippen molar-refractivity contribution in [2.75, 3.05) is 31.1 Å². The number of urea groups is 1. The highest BCUT2D eigenvalue weighted by atomic mass is 35.5. The molecule has 1 saturated heterocycles. The van der Waals surface area contributed by atoms with Gasteiger partial charge in [-0.15, -0.1) is 0 Å². The Labute approximate surface area is 145 Å². The lowest BCUT2D eigenvalue weighted by Gasteiger charge is -2.36. The molecule has 6 heteroatoms. The Kier molecular flexibility index (Phi) is 5.20. The highest BCUT2D eigenvalue weighted by molar-refractivity contribution is 6.33. The Morgan fingerprint density at radius 2 is 1.71 bits per heavy atom. The number of amides is 2. The average Bonchev–Trinajstić information content (AvgIpc) is 2.61. The topological polar surface area (TPSA) is 35.6 Å². The summed E-state index contributed by atoms with van der Waals surface area (Å²) < 4.78 is 13.6. The molecular formula is C18H19ClFN3O. The number of rotatable bonds is 3. The molecule has 0 aromatic heterocycles. The van der Waals surface area contributed by atoms with Gasteiger partial charge in [-0.05, 0) is 18.2 Å². The summed E-state index contributed by atoms with van der Waals surface area (Å²) in [6, 6.07) is 14.0. The fourth-order valence-electron chi connectivity index (χ4n) is 2.78. The van der Waals surface area contributed by atoms with Crippen LogP contribution >= 0.6 is 11.6 Å². The molecule has 4 nitrogen and oxygen atoms in total. The Hall–Kier alpha value is -2.27. The second kappa shape index (κ2) is 7.53. The molecule has 0 spiro atoms. The number of para-hydroxylation sites is 1. The molecule has 0 bridgehead atoms. The largest absolute Gasteiger partial charge is 0.367 e. The number of halogens is 2. The number of anilines is 1. The molecule has 0 saturated carbocycles. The van der Waals surface area contributed by atoms with Crippen LogP contribution in [0.1, 0.15) is 5.56 Å². The minimum atomic E-state index is -0.304. The van der Waals surface area contributed by atoms with Gasteiger partial charge in [0, 0.05) is 38.3 Å². The monoisotopic (exact) mass is 347 g/mol. The van der Waals surface area contributed by atoms with Crippen LogP contribution in [-0.2, 0) is 6.54 Å². The molecule has 0 aliphatic carbocycles. The molecular weight excluding hydrogens is 329 g/mol. The van der Waals surface area contributed by atoms with Crippen LogP contribution in [0.4, 0.5) is 14.9 Å². The Bertz CT molecular complexity index is 717. The second-order valence-corrected chi connectivity index (χ2v) is 6.08. The molecule has 126 valence electrons. The van der Waals surface area contributed by atoms with Crippen LogP contribution in [0.5, 0.6) is 0 Å². The number of benzene rings is 2. The Morgan fingerprint density at radius 1 is 1.04 bits per heavy atom. The molecule has 0 unspecified atom stereocenters. The van der Waals surface area contributed by atoms with E-state index in [-0.39, 0.29) is 18.4 Å². The van der Waals surface area contributed by atoms with Gasteiger partial charge >= 0.3 is 6.03 Å². The fourth-order valence-corrected chi connectivity index (χ4v) is 3.04. The van der Waals surface area contributed by atoms with E-state index in [9.17, 15) is 9.18 Å². The van der Waals surface area contributed by atoms with E-state index in [1.165, 1.54) is 6.07 Å². The van der Waals surface area contributed by atoms with Crippen LogP contribution in [0.2, 0.25) is 5.02 Å². The third kappa shape index (κ3) is 3.79. The van der Waals surface area contributed by atoms with E-state index in [1.54, 1.807) is 23.1 Å². The van der Waals surface area contributed by atoms with Gasteiger partial charge in [-0.3, -0.25) is 0 Å². The van der Waals surface area contributed by atoms with Crippen LogP contribution in [-0.4, -0.2) is 37.1 Å². The molecule has 24 heavy (non-hydrogen) atoms. The van der Waals surface area contributed by atoms with Crippen molar-refractivity contribution >= 4 is 23.3 Å². The Balaban J connectivity index is 1.52. The number of hydrogen-bond donors (Lipinski definition) is 1. The summed E-state index contributed by atoms with van der Waals surface area (Å²) in [7, 11) is 0. The van der Waals surface area contributed by atoms with Crippen molar-refractivity contribution in [3.8, 4) is 0 Å². The van der Waals surface area contributed by atoms with E-state index in [1.807, 2.05) is 24.3 Å². The highest BCUT2D eigenvalue weighted by Crippen LogP contribution is 2.26. The number of hydrogen-bond acceptors (Lipinski definition) is 2. The molecule has 3 rings (SSSR count). The molecule has 2 aromatic rings. The molecule has 1 aliphatic rings. The third-order valence-corrected chi connectivity index (χ3v) is 4.47. The smallest absolute Gasteiger partial charge is 0.317 e. The molecule has 0 atom stereocenters. The van der Waals surface area contributed by atoms with E-state index < -0.39 is 0 Å². The molecule has 1 heterocycles. The maximum atomic E-state index is 13.6. The second-order valence-electron chi connectivity index (χ2n) is 5.68. The van der Waals surface area contributed by atoms with Crippen LogP contribution < -0.4 is 10.2 Å². The zero-order chi connectivity index (χ0) is 16.9. The molecule has 1 fully saturated rings. The summed E-state index contributed by atoms with van der Waals surface area (Å²) in [6.45, 7) is 2.84. The minimum absolute atomic E-state index is 0.169. The van der Waals surface area contributed by atoms with Crippen LogP contribution in [0.25, 0.3) is 0 Å². The lowest BCUT2D eigenvalue weighted by molar-refractivity contribution is 0.194. The number of carbonyl (C=O) groups excluding carboxylic acids is 1. The lowest BCUT2D eigenvalue weighted by atomic mass is 10.2. The Morgan fingerprint density at radius 3 is 2.42 bits per heavy atom. The van der Waals surface area contributed by atoms with E-state index in [4.69, 9.17) is 11.6 Å². The zero-order valence-electron chi connectivity index (χ0n) is 13.2. The van der Waals surface area contributed by atoms with Gasteiger partial charge in [0.1, 0.15) is 5.82 Å². The molecule has 1 N–H and O–H groups in total. The van der Waals surface area contributed by atoms with Crippen molar-refractivity contribution in [3.05, 3.63) is 64.9 Å². The standard InChI is InChI=1S/C18H19ClFN3O/c19-15-6-2-4-8-17(15)22-9-11-23(12-10-22)18(24)21-13-14-5-1-3-7-16(14)20/h1-8H,9-13H2,(H,21,24). The number of carbonyl (C=O) groups is 1. The normalized spacial score (nSPS) is 14.6. The van der Waals surface area contributed by atoms with Crippen molar-refractivity contribution in [1.29, 1.82) is 0 Å². The first-order chi connectivity index (χ1) is 11.6. The fraction of sp³-hybridized carbons (Fsp3) is 0.278. The summed E-state index contributed by atoms with van der Waals surface area (Å²) in [6.07, 6.45) is 0. The van der Waals surface area contributed by atoms with Gasteiger partial charge in [-0.2, -0.15) is 0 Å². The zero-order valence-corrected chi connectivity index (χ0v) is 14.0. The molecule has 0 radical (unpaired) electrons. The van der Waals surface area contributed by atoms with Crippen LogP contribution in [0.3, 0.4) is 0 Å². The lowest BCUT2D eigenvalue weighted by Crippen LogP contribution is -2.51. The summed E-state index contributed by atoms with van der Waals surface area (Å²) in [5.41, 5.74) is 1.48. The SMILES string of the molecule is O=C(NCc1ccccc1F)N1CCN(c2ccccc2Cl)CC1. The maximum Gasteiger partial charge on any atom is 0.317 e. The van der Waals surface area contributed by atoms with E-state index in [0.717, 1.165) is 23.8 Å². The van der Waals surface area contributed by atoms with Crippen LogP contribution in [0.15, 0.2) is 48.5 Å². The average molecular weight is 348 g/mol. The van der Waals surface area contributed by atoms with Gasteiger partial charge in [-0.1, -0.05) is 41.9 Å². The van der Waals surface area contributed by atoms with Gasteiger partial charge in [0.2, 0.25) is 0 Å². The first-order valence-electron chi connectivity index (χ1n) is 7.91. The molecule has 2 amide bonds. The maximum absolute atomic E-state index is 13.6. The number of piperazine rings is 1. The summed E-state index contributed by atoms with van der Waals surface area (Å²) in [5.74, 6) is -0.304. The van der Waals surface area contributed by atoms with Crippen molar-refractivity contribution in [2.45, 2.75) is 6.54 Å². The summed E-state index contributed by atoms with van der Waals surface area (Å²) >= 11 is 6.22. The predicted octanol–water partition coefficient (Wildman–Crippen LogP) is 3.51. The van der Waals surface area contributed by atoms with E-state index in [2.05, 4.69) is 10.2 Å². The quantitative estimate of drug-likeness (QED) is 0.922. The van der Waals surface area contributed by atoms with Gasteiger partial charge in [0.05, 0.1) is 10.7 Å². The van der Waals surface area contributed by atoms with Crippen molar-refractivity contribution < 1.29 is 9.18 Å². The number of nitrogens with one attached hydrogen (secondary N) is 1. The van der Waals surface area contributed by atoms with E-state index in [0.29, 0.717) is 18.7 Å². The minimum Gasteiger partial charge on any atom is -0.367 e. The first-order valence-corrected chi connectivity index (χ1v) is 8.28. The van der Waals surface area contributed by atoms with Gasteiger partial charge in [-0.25, -0.2) is 9.18 Å². The van der Waals surface area contributed by atoms with Crippen molar-refractivity contribution in [1.82, 2.24) is 10.2 Å². The van der Waals surface area contributed by atoms with Crippen molar-refractivity contribution in [2.24, 2.45) is 0 Å². The van der Waals surface area contributed by atoms with Crippen molar-refractivity contribution in [3.63, 3.8) is 0 Å². The van der Waals surface area contributed by atoms with Gasteiger partial charge in [0.25, 0.3) is 0 Å². The summed E-state index contributed by atoms with van der Waals surface area (Å²) in [4.78, 5) is 16.2.